The van der Waals surface area contributed by atoms with Gasteiger partial charge in [-0.25, -0.2) is 0 Å². The molecule has 0 aliphatic rings. The summed E-state index contributed by atoms with van der Waals surface area (Å²) in [4.78, 5) is 0. The molecule has 15 heavy (non-hydrogen) atoms. The Labute approximate surface area is 93.4 Å². The van der Waals surface area contributed by atoms with E-state index >= 15 is 0 Å². The van der Waals surface area contributed by atoms with Crippen LogP contribution >= 0.6 is 12.2 Å². The molecule has 0 atom stereocenters. The molecular weight excluding hydrogens is 206 g/mol. The molecule has 0 unspecified atom stereocenters. The summed E-state index contributed by atoms with van der Waals surface area (Å²) < 4.78 is 2.39. The van der Waals surface area contributed by atoms with Crippen molar-refractivity contribution in [2.75, 3.05) is 0 Å². The maximum Gasteiger partial charge on any atom is 0.153 e. The zero-order valence-corrected chi connectivity index (χ0v) is 9.16. The standard InChI is InChI=1S/C12H11NOS/c1-9-12(14)11(15)7-8-13(9)10-5-3-2-4-6-10/h2-8,14H,1H3. The lowest BCUT2D eigenvalue weighted by molar-refractivity contribution is 0.463. The average Bonchev–Trinajstić information content (AvgIpc) is 2.27. The van der Waals surface area contributed by atoms with Crippen LogP contribution in [0.1, 0.15) is 5.69 Å². The van der Waals surface area contributed by atoms with Crippen molar-refractivity contribution in [1.29, 1.82) is 0 Å². The van der Waals surface area contributed by atoms with Crippen LogP contribution in [0.25, 0.3) is 5.69 Å². The van der Waals surface area contributed by atoms with Gasteiger partial charge in [0.2, 0.25) is 0 Å². The highest BCUT2D eigenvalue weighted by atomic mass is 32.1. The third-order valence-electron chi connectivity index (χ3n) is 2.35. The van der Waals surface area contributed by atoms with Gasteiger partial charge in [-0.3, -0.25) is 0 Å². The Hall–Kier alpha value is -1.61. The van der Waals surface area contributed by atoms with Gasteiger partial charge in [-0.1, -0.05) is 30.4 Å². The van der Waals surface area contributed by atoms with Gasteiger partial charge in [-0.05, 0) is 25.1 Å². The van der Waals surface area contributed by atoms with Crippen molar-refractivity contribution in [3.63, 3.8) is 0 Å². The van der Waals surface area contributed by atoms with E-state index in [4.69, 9.17) is 12.2 Å². The minimum Gasteiger partial charge on any atom is -0.505 e. The molecule has 2 nitrogen and oxygen atoms in total. The molecule has 0 spiro atoms. The van der Waals surface area contributed by atoms with Crippen molar-refractivity contribution < 1.29 is 5.11 Å². The molecule has 1 N–H and O–H groups in total. The van der Waals surface area contributed by atoms with Gasteiger partial charge in [-0.2, -0.15) is 0 Å². The molecule has 0 saturated heterocycles. The molecule has 1 heterocycles. The molecule has 1 aromatic heterocycles. The second kappa shape index (κ2) is 3.87. The topological polar surface area (TPSA) is 25.2 Å². The highest BCUT2D eigenvalue weighted by molar-refractivity contribution is 7.71. The third-order valence-corrected chi connectivity index (χ3v) is 2.68. The summed E-state index contributed by atoms with van der Waals surface area (Å²) in [5.41, 5.74) is 1.77. The third kappa shape index (κ3) is 1.78. The zero-order chi connectivity index (χ0) is 10.8. The molecular formula is C12H11NOS. The lowest BCUT2D eigenvalue weighted by atomic mass is 10.2. The molecule has 0 aliphatic carbocycles. The molecule has 0 saturated carbocycles. The first-order chi connectivity index (χ1) is 7.20. The fraction of sp³-hybridized carbons (Fsp3) is 0.0833. The summed E-state index contributed by atoms with van der Waals surface area (Å²) in [6.45, 7) is 1.85. The number of benzene rings is 1. The van der Waals surface area contributed by atoms with Gasteiger partial charge in [0.1, 0.15) is 0 Å². The average molecular weight is 217 g/mol. The van der Waals surface area contributed by atoms with E-state index in [1.807, 2.05) is 48.0 Å². The Morgan fingerprint density at radius 1 is 1.13 bits per heavy atom. The van der Waals surface area contributed by atoms with Crippen LogP contribution in [0.5, 0.6) is 5.75 Å². The summed E-state index contributed by atoms with van der Waals surface area (Å²) >= 11 is 4.99. The summed E-state index contributed by atoms with van der Waals surface area (Å²) in [5.74, 6) is 0.177. The summed E-state index contributed by atoms with van der Waals surface area (Å²) in [5, 5.41) is 9.72. The van der Waals surface area contributed by atoms with Crippen LogP contribution in [-0.2, 0) is 0 Å². The molecule has 2 rings (SSSR count). The van der Waals surface area contributed by atoms with Crippen LogP contribution in [0.3, 0.4) is 0 Å². The minimum atomic E-state index is 0.177. The Morgan fingerprint density at radius 3 is 2.47 bits per heavy atom. The molecule has 0 radical (unpaired) electrons. The molecule has 76 valence electrons. The highest BCUT2D eigenvalue weighted by Crippen LogP contribution is 2.20. The Kier molecular flexibility index (Phi) is 2.56. The molecule has 0 bridgehead atoms. The lowest BCUT2D eigenvalue weighted by Crippen LogP contribution is -1.99. The zero-order valence-electron chi connectivity index (χ0n) is 8.34. The van der Waals surface area contributed by atoms with Crippen molar-refractivity contribution in [2.24, 2.45) is 0 Å². The van der Waals surface area contributed by atoms with Gasteiger partial charge >= 0.3 is 0 Å². The lowest BCUT2D eigenvalue weighted by Gasteiger charge is -2.11. The van der Waals surface area contributed by atoms with E-state index in [0.717, 1.165) is 11.4 Å². The fourth-order valence-electron chi connectivity index (χ4n) is 1.49. The van der Waals surface area contributed by atoms with Crippen LogP contribution in [-0.4, -0.2) is 9.67 Å². The molecule has 2 aromatic rings. The largest absolute Gasteiger partial charge is 0.505 e. The quantitative estimate of drug-likeness (QED) is 0.742. The second-order valence-electron chi connectivity index (χ2n) is 3.32. The first-order valence-corrected chi connectivity index (χ1v) is 5.07. The highest BCUT2D eigenvalue weighted by Gasteiger charge is 2.03. The number of nitrogens with zero attached hydrogens (tertiary/aromatic N) is 1. The van der Waals surface area contributed by atoms with E-state index in [2.05, 4.69) is 0 Å². The Balaban J connectivity index is 2.65. The number of pyridine rings is 1. The van der Waals surface area contributed by atoms with Gasteiger partial charge in [0.25, 0.3) is 0 Å². The van der Waals surface area contributed by atoms with E-state index in [9.17, 15) is 5.11 Å². The van der Waals surface area contributed by atoms with E-state index in [1.54, 1.807) is 6.07 Å². The SMILES string of the molecule is Cc1c(O)c(=S)ccn1-c1ccccc1. The summed E-state index contributed by atoms with van der Waals surface area (Å²) in [6.07, 6.45) is 1.87. The van der Waals surface area contributed by atoms with Crippen LogP contribution in [0.4, 0.5) is 0 Å². The maximum absolute atomic E-state index is 9.72. The number of aromatic hydroxyl groups is 1. The van der Waals surface area contributed by atoms with E-state index in [1.165, 1.54) is 0 Å². The van der Waals surface area contributed by atoms with E-state index in [0.29, 0.717) is 4.51 Å². The van der Waals surface area contributed by atoms with E-state index < -0.39 is 0 Å². The van der Waals surface area contributed by atoms with Crippen molar-refractivity contribution in [3.8, 4) is 11.4 Å². The molecule has 1 aromatic carbocycles. The van der Waals surface area contributed by atoms with Crippen LogP contribution in [0.2, 0.25) is 0 Å². The monoisotopic (exact) mass is 217 g/mol. The molecule has 0 fully saturated rings. The first-order valence-electron chi connectivity index (χ1n) is 4.67. The van der Waals surface area contributed by atoms with Gasteiger partial charge in [0, 0.05) is 11.9 Å². The predicted octanol–water partition coefficient (Wildman–Crippen LogP) is 3.22. The Morgan fingerprint density at radius 2 is 1.80 bits per heavy atom. The fourth-order valence-corrected chi connectivity index (χ4v) is 1.70. The van der Waals surface area contributed by atoms with Crippen LogP contribution in [0, 0.1) is 11.4 Å². The number of aromatic nitrogens is 1. The van der Waals surface area contributed by atoms with Crippen molar-refractivity contribution in [1.82, 2.24) is 4.57 Å². The van der Waals surface area contributed by atoms with Crippen LogP contribution < -0.4 is 0 Å². The summed E-state index contributed by atoms with van der Waals surface area (Å²) in [6, 6.07) is 11.6. The maximum atomic E-state index is 9.72. The van der Waals surface area contributed by atoms with Gasteiger partial charge < -0.3 is 9.67 Å². The second-order valence-corrected chi connectivity index (χ2v) is 3.76. The molecule has 3 heteroatoms. The first kappa shape index (κ1) is 9.93. The normalized spacial score (nSPS) is 10.2. The Bertz CT molecular complexity index is 531. The van der Waals surface area contributed by atoms with Gasteiger partial charge in [0.05, 0.1) is 10.2 Å². The van der Waals surface area contributed by atoms with Crippen molar-refractivity contribution >= 4 is 12.2 Å². The molecule has 0 amide bonds. The van der Waals surface area contributed by atoms with Gasteiger partial charge in [0.15, 0.2) is 5.75 Å². The number of rotatable bonds is 1. The molecule has 0 aliphatic heterocycles. The number of hydrogen-bond acceptors (Lipinski definition) is 2. The van der Waals surface area contributed by atoms with Gasteiger partial charge in [-0.15, -0.1) is 0 Å². The summed E-state index contributed by atoms with van der Waals surface area (Å²) in [7, 11) is 0. The number of hydrogen-bond donors (Lipinski definition) is 1. The van der Waals surface area contributed by atoms with Crippen molar-refractivity contribution in [2.45, 2.75) is 6.92 Å². The smallest absolute Gasteiger partial charge is 0.153 e. The predicted molar refractivity (Wildman–Crippen MR) is 63.0 cm³/mol. The van der Waals surface area contributed by atoms with Crippen molar-refractivity contribution in [3.05, 3.63) is 52.8 Å². The van der Waals surface area contributed by atoms with Crippen LogP contribution in [0.15, 0.2) is 42.6 Å². The minimum absolute atomic E-state index is 0.177. The number of para-hydroxylation sites is 1. The van der Waals surface area contributed by atoms with E-state index in [-0.39, 0.29) is 5.75 Å².